The predicted octanol–water partition coefficient (Wildman–Crippen LogP) is 4.02. The van der Waals surface area contributed by atoms with Gasteiger partial charge in [-0.15, -0.1) is 0 Å². The van der Waals surface area contributed by atoms with Crippen molar-refractivity contribution < 1.29 is 21.2 Å². The molecule has 1 atom stereocenters. The largest absolute Gasteiger partial charge is 0.264 e. The molecule has 5 rings (SSSR count). The molecule has 2 aromatic rings. The first-order chi connectivity index (χ1) is 14.1. The molecule has 1 aliphatic carbocycles. The first kappa shape index (κ1) is 20.5. The summed E-state index contributed by atoms with van der Waals surface area (Å²) >= 11 is 3.51. The lowest BCUT2D eigenvalue weighted by atomic mass is 9.70. The number of hydrogen-bond acceptors (Lipinski definition) is 4. The van der Waals surface area contributed by atoms with Gasteiger partial charge in [0.05, 0.1) is 28.1 Å². The van der Waals surface area contributed by atoms with Crippen molar-refractivity contribution in [1.29, 1.82) is 0 Å². The number of nitrogens with zero attached hydrogens (tertiary/aromatic N) is 1. The molecule has 2 fully saturated rings. The highest BCUT2D eigenvalue weighted by Crippen LogP contribution is 2.59. The second-order valence-corrected chi connectivity index (χ2v) is 13.5. The maximum absolute atomic E-state index is 13.8. The number of sulfonamides is 1. The van der Waals surface area contributed by atoms with Crippen LogP contribution in [0.5, 0.6) is 0 Å². The SMILES string of the molecule is O=S1(=O)CCC2(CC1)c1cc(Br)ccc1N(S(=O)(=O)c1ccc(F)cc1)[C@H]2C1CC1. The third-order valence-electron chi connectivity index (χ3n) is 6.71. The standard InChI is InChI=1S/C21H21BrFNO4S2/c22-15-3-8-19-18(13-15)21(9-11-29(25,26)12-10-21)20(14-1-2-14)24(19)30(27,28)17-6-4-16(23)5-7-17/h3-8,13-14,20H,1-2,9-12H2/t20-/m0/s1. The molecule has 0 unspecified atom stereocenters. The van der Waals surface area contributed by atoms with Crippen LogP contribution in [0.25, 0.3) is 0 Å². The molecule has 5 nitrogen and oxygen atoms in total. The van der Waals surface area contributed by atoms with Crippen molar-refractivity contribution in [3.63, 3.8) is 0 Å². The average Bonchev–Trinajstić information content (AvgIpc) is 3.49. The second kappa shape index (κ2) is 6.77. The van der Waals surface area contributed by atoms with E-state index in [1.165, 1.54) is 16.4 Å². The van der Waals surface area contributed by atoms with Gasteiger partial charge in [-0.1, -0.05) is 15.9 Å². The predicted molar refractivity (Wildman–Crippen MR) is 116 cm³/mol. The van der Waals surface area contributed by atoms with Gasteiger partial charge in [0.15, 0.2) is 0 Å². The van der Waals surface area contributed by atoms with E-state index in [1.807, 2.05) is 12.1 Å². The first-order valence-electron chi connectivity index (χ1n) is 9.95. The van der Waals surface area contributed by atoms with Crippen LogP contribution in [0.3, 0.4) is 0 Å². The molecule has 1 spiro atoms. The molecule has 30 heavy (non-hydrogen) atoms. The smallest absolute Gasteiger partial charge is 0.262 e. The fraction of sp³-hybridized carbons (Fsp3) is 0.429. The number of fused-ring (bicyclic) bond motifs is 2. The minimum atomic E-state index is -3.94. The fourth-order valence-electron chi connectivity index (χ4n) is 5.15. The normalized spacial score (nSPS) is 24.7. The summed E-state index contributed by atoms with van der Waals surface area (Å²) in [6.07, 6.45) is 2.66. The molecule has 0 aromatic heterocycles. The molecule has 0 bridgehead atoms. The van der Waals surface area contributed by atoms with E-state index in [2.05, 4.69) is 15.9 Å². The first-order valence-corrected chi connectivity index (χ1v) is 14.0. The third kappa shape index (κ3) is 3.12. The fourth-order valence-corrected chi connectivity index (χ4v) is 8.87. The zero-order chi connectivity index (χ0) is 21.3. The van der Waals surface area contributed by atoms with Gasteiger partial charge in [0.1, 0.15) is 15.7 Å². The highest BCUT2D eigenvalue weighted by molar-refractivity contribution is 9.10. The van der Waals surface area contributed by atoms with Crippen molar-refractivity contribution >= 4 is 41.5 Å². The van der Waals surface area contributed by atoms with Gasteiger partial charge in [0.2, 0.25) is 0 Å². The number of benzene rings is 2. The maximum Gasteiger partial charge on any atom is 0.264 e. The second-order valence-electron chi connectivity index (χ2n) is 8.51. The van der Waals surface area contributed by atoms with E-state index in [-0.39, 0.29) is 28.4 Å². The van der Waals surface area contributed by atoms with Crippen LogP contribution in [0, 0.1) is 11.7 Å². The summed E-state index contributed by atoms with van der Waals surface area (Å²) in [6.45, 7) is 0. The number of sulfone groups is 1. The van der Waals surface area contributed by atoms with Gasteiger partial charge in [-0.05, 0) is 79.6 Å². The van der Waals surface area contributed by atoms with Crippen LogP contribution in [0.4, 0.5) is 10.1 Å². The summed E-state index contributed by atoms with van der Waals surface area (Å²) in [5, 5.41) is 0. The molecule has 0 amide bonds. The molecule has 0 radical (unpaired) electrons. The summed E-state index contributed by atoms with van der Waals surface area (Å²) in [6, 6.07) is 10.1. The molecule has 1 saturated heterocycles. The Morgan fingerprint density at radius 1 is 1.03 bits per heavy atom. The van der Waals surface area contributed by atoms with Crippen molar-refractivity contribution in [2.75, 3.05) is 15.8 Å². The van der Waals surface area contributed by atoms with Gasteiger partial charge in [0, 0.05) is 9.89 Å². The Labute approximate surface area is 184 Å². The lowest BCUT2D eigenvalue weighted by molar-refractivity contribution is 0.308. The molecule has 0 N–H and O–H groups in total. The zero-order valence-electron chi connectivity index (χ0n) is 16.1. The molecular weight excluding hydrogens is 493 g/mol. The average molecular weight is 514 g/mol. The molecule has 160 valence electrons. The van der Waals surface area contributed by atoms with Gasteiger partial charge >= 0.3 is 0 Å². The van der Waals surface area contributed by atoms with Crippen molar-refractivity contribution in [2.45, 2.75) is 42.0 Å². The lowest BCUT2D eigenvalue weighted by Gasteiger charge is -2.41. The molecule has 2 aliphatic heterocycles. The van der Waals surface area contributed by atoms with Gasteiger partial charge in [0.25, 0.3) is 10.0 Å². The van der Waals surface area contributed by atoms with Gasteiger partial charge in [-0.25, -0.2) is 21.2 Å². The van der Waals surface area contributed by atoms with Crippen LogP contribution < -0.4 is 4.31 Å². The Hall–Kier alpha value is -1.45. The van der Waals surface area contributed by atoms with Crippen LogP contribution in [0.1, 0.15) is 31.2 Å². The minimum absolute atomic E-state index is 0.0453. The monoisotopic (exact) mass is 513 g/mol. The molecule has 2 heterocycles. The number of halogens is 2. The topological polar surface area (TPSA) is 71.5 Å². The Morgan fingerprint density at radius 2 is 1.67 bits per heavy atom. The highest BCUT2D eigenvalue weighted by atomic mass is 79.9. The van der Waals surface area contributed by atoms with E-state index in [1.54, 1.807) is 6.07 Å². The van der Waals surface area contributed by atoms with Crippen LogP contribution >= 0.6 is 15.9 Å². The van der Waals surface area contributed by atoms with Crippen LogP contribution in [-0.4, -0.2) is 34.4 Å². The lowest BCUT2D eigenvalue weighted by Crippen LogP contribution is -2.52. The molecule has 3 aliphatic rings. The van der Waals surface area contributed by atoms with E-state index >= 15 is 0 Å². The van der Waals surface area contributed by atoms with Crippen LogP contribution in [-0.2, 0) is 25.3 Å². The summed E-state index contributed by atoms with van der Waals surface area (Å²) in [5.41, 5.74) is 0.978. The quantitative estimate of drug-likeness (QED) is 0.621. The summed E-state index contributed by atoms with van der Waals surface area (Å²) < 4.78 is 67.7. The number of rotatable bonds is 3. The van der Waals surface area contributed by atoms with Crippen molar-refractivity contribution in [1.82, 2.24) is 0 Å². The Morgan fingerprint density at radius 3 is 2.27 bits per heavy atom. The van der Waals surface area contributed by atoms with E-state index in [4.69, 9.17) is 0 Å². The number of hydrogen-bond donors (Lipinski definition) is 0. The van der Waals surface area contributed by atoms with Gasteiger partial charge < -0.3 is 0 Å². The highest BCUT2D eigenvalue weighted by Gasteiger charge is 2.60. The van der Waals surface area contributed by atoms with Crippen molar-refractivity contribution in [2.24, 2.45) is 5.92 Å². The Bertz CT molecular complexity index is 1210. The zero-order valence-corrected chi connectivity index (χ0v) is 19.3. The maximum atomic E-state index is 13.8. The third-order valence-corrected chi connectivity index (χ3v) is 10.7. The minimum Gasteiger partial charge on any atom is -0.262 e. The molecule has 9 heteroatoms. The number of anilines is 1. The van der Waals surface area contributed by atoms with Crippen LogP contribution in [0.15, 0.2) is 51.8 Å². The molecular formula is C21H21BrFNO4S2. The molecule has 2 aromatic carbocycles. The van der Waals surface area contributed by atoms with Crippen molar-refractivity contribution in [3.8, 4) is 0 Å². The van der Waals surface area contributed by atoms with E-state index in [0.717, 1.165) is 35.0 Å². The van der Waals surface area contributed by atoms with E-state index in [9.17, 15) is 21.2 Å². The van der Waals surface area contributed by atoms with E-state index in [0.29, 0.717) is 18.5 Å². The van der Waals surface area contributed by atoms with Gasteiger partial charge in [-0.3, -0.25) is 4.31 Å². The van der Waals surface area contributed by atoms with E-state index < -0.39 is 31.1 Å². The Kier molecular flexibility index (Phi) is 4.62. The summed E-state index contributed by atoms with van der Waals surface area (Å²) in [4.78, 5) is 0.0453. The Balaban J connectivity index is 1.71. The molecule has 1 saturated carbocycles. The van der Waals surface area contributed by atoms with Gasteiger partial charge in [-0.2, -0.15) is 0 Å². The van der Waals surface area contributed by atoms with Crippen molar-refractivity contribution in [3.05, 3.63) is 58.3 Å². The van der Waals surface area contributed by atoms with Crippen LogP contribution in [0.2, 0.25) is 0 Å². The summed E-state index contributed by atoms with van der Waals surface area (Å²) in [7, 11) is -7.06. The summed E-state index contributed by atoms with van der Waals surface area (Å²) in [5.74, 6) is -0.182.